The summed E-state index contributed by atoms with van der Waals surface area (Å²) in [6.07, 6.45) is 0. The first-order valence-corrected chi connectivity index (χ1v) is 5.91. The first kappa shape index (κ1) is 12.1. The van der Waals surface area contributed by atoms with Crippen LogP contribution in [-0.4, -0.2) is 10.2 Å². The highest BCUT2D eigenvalue weighted by atomic mass is 16.4. The molecule has 1 heterocycles. The third-order valence-corrected chi connectivity index (χ3v) is 3.06. The molecule has 0 fully saturated rings. The number of rotatable bonds is 1. The maximum Gasteiger partial charge on any atom is 0.235 e. The molecule has 0 unspecified atom stereocenters. The Morgan fingerprint density at radius 2 is 1.80 bits per heavy atom. The number of nitrogens with two attached hydrogens (primary N) is 1. The number of benzene rings is 2. The zero-order valence-electron chi connectivity index (χ0n) is 10.3. The monoisotopic (exact) mass is 269 g/mol. The van der Waals surface area contributed by atoms with E-state index in [2.05, 4.69) is 0 Å². The van der Waals surface area contributed by atoms with Crippen molar-refractivity contribution in [3.8, 4) is 22.8 Å². The molecule has 0 aliphatic rings. The molecule has 0 amide bonds. The first-order chi connectivity index (χ1) is 9.58. The summed E-state index contributed by atoms with van der Waals surface area (Å²) in [6, 6.07) is 11.0. The van der Waals surface area contributed by atoms with E-state index in [0.717, 1.165) is 0 Å². The number of aromatic hydroxyl groups is 2. The van der Waals surface area contributed by atoms with E-state index in [1.165, 1.54) is 18.2 Å². The summed E-state index contributed by atoms with van der Waals surface area (Å²) in [4.78, 5) is 12.1. The van der Waals surface area contributed by atoms with Crippen LogP contribution in [0.2, 0.25) is 0 Å². The zero-order valence-corrected chi connectivity index (χ0v) is 10.3. The molecule has 0 saturated heterocycles. The van der Waals surface area contributed by atoms with Crippen molar-refractivity contribution in [2.75, 3.05) is 5.73 Å². The Morgan fingerprint density at radius 3 is 2.55 bits per heavy atom. The number of para-hydroxylation sites is 1. The minimum absolute atomic E-state index is 0.0281. The lowest BCUT2D eigenvalue weighted by Gasteiger charge is -2.07. The molecular weight excluding hydrogens is 258 g/mol. The van der Waals surface area contributed by atoms with Gasteiger partial charge in [-0.15, -0.1) is 0 Å². The molecule has 0 spiro atoms. The van der Waals surface area contributed by atoms with E-state index in [1.54, 1.807) is 24.3 Å². The highest BCUT2D eigenvalue weighted by molar-refractivity contribution is 5.82. The van der Waals surface area contributed by atoms with Gasteiger partial charge < -0.3 is 20.4 Å². The molecule has 0 aliphatic carbocycles. The third-order valence-electron chi connectivity index (χ3n) is 3.06. The van der Waals surface area contributed by atoms with E-state index in [4.69, 9.17) is 10.2 Å². The molecule has 3 aromatic rings. The number of phenolic OH excluding ortho intramolecular Hbond substituents is 1. The molecule has 0 aliphatic heterocycles. The summed E-state index contributed by atoms with van der Waals surface area (Å²) >= 11 is 0. The summed E-state index contributed by atoms with van der Waals surface area (Å²) in [5, 5.41) is 19.7. The number of nitrogen functional groups attached to an aromatic ring is 1. The Kier molecular flexibility index (Phi) is 2.61. The Morgan fingerprint density at radius 1 is 1.05 bits per heavy atom. The molecule has 5 nitrogen and oxygen atoms in total. The summed E-state index contributed by atoms with van der Waals surface area (Å²) < 4.78 is 5.57. The highest BCUT2D eigenvalue weighted by Crippen LogP contribution is 2.33. The molecule has 1 aromatic heterocycles. The van der Waals surface area contributed by atoms with Crippen LogP contribution in [0, 0.1) is 0 Å². The van der Waals surface area contributed by atoms with Crippen molar-refractivity contribution in [2.45, 2.75) is 0 Å². The average molecular weight is 269 g/mol. The number of fused-ring (bicyclic) bond motifs is 1. The van der Waals surface area contributed by atoms with Crippen molar-refractivity contribution in [3.05, 3.63) is 52.7 Å². The normalized spacial score (nSPS) is 10.8. The van der Waals surface area contributed by atoms with Crippen LogP contribution < -0.4 is 11.2 Å². The molecule has 2 aromatic carbocycles. The fourth-order valence-electron chi connectivity index (χ4n) is 2.02. The Bertz CT molecular complexity index is 867. The van der Waals surface area contributed by atoms with Crippen LogP contribution in [0.1, 0.15) is 0 Å². The Hall–Kier alpha value is -2.95. The average Bonchev–Trinajstić information content (AvgIpc) is 2.46. The van der Waals surface area contributed by atoms with Gasteiger partial charge in [-0.25, -0.2) is 0 Å². The number of hydrogen-bond donors (Lipinski definition) is 3. The first-order valence-electron chi connectivity index (χ1n) is 5.91. The van der Waals surface area contributed by atoms with Gasteiger partial charge in [0.2, 0.25) is 11.2 Å². The van der Waals surface area contributed by atoms with Crippen LogP contribution in [0.5, 0.6) is 11.5 Å². The molecule has 0 atom stereocenters. The predicted molar refractivity (Wildman–Crippen MR) is 75.7 cm³/mol. The fraction of sp³-hybridized carbons (Fsp3) is 0. The molecule has 20 heavy (non-hydrogen) atoms. The van der Waals surface area contributed by atoms with E-state index >= 15 is 0 Å². The van der Waals surface area contributed by atoms with Gasteiger partial charge in [0.05, 0.1) is 11.1 Å². The van der Waals surface area contributed by atoms with E-state index in [-0.39, 0.29) is 17.2 Å². The zero-order chi connectivity index (χ0) is 14.3. The van der Waals surface area contributed by atoms with Gasteiger partial charge in [0.15, 0.2) is 5.76 Å². The van der Waals surface area contributed by atoms with Crippen molar-refractivity contribution < 1.29 is 14.6 Å². The van der Waals surface area contributed by atoms with E-state index in [0.29, 0.717) is 16.5 Å². The molecular formula is C15H11NO4. The molecule has 4 N–H and O–H groups in total. The van der Waals surface area contributed by atoms with Gasteiger partial charge in [-0.05, 0) is 30.3 Å². The van der Waals surface area contributed by atoms with Crippen LogP contribution >= 0.6 is 0 Å². The van der Waals surface area contributed by atoms with E-state index in [1.807, 2.05) is 0 Å². The topological polar surface area (TPSA) is 96.7 Å². The highest BCUT2D eigenvalue weighted by Gasteiger charge is 2.15. The second kappa shape index (κ2) is 4.31. The third kappa shape index (κ3) is 1.76. The smallest absolute Gasteiger partial charge is 0.235 e. The second-order valence-electron chi connectivity index (χ2n) is 4.38. The lowest BCUT2D eigenvalue weighted by atomic mass is 10.1. The van der Waals surface area contributed by atoms with Crippen LogP contribution in [0.25, 0.3) is 22.3 Å². The maximum absolute atomic E-state index is 12.1. The summed E-state index contributed by atoms with van der Waals surface area (Å²) in [5.74, 6) is -0.523. The van der Waals surface area contributed by atoms with Crippen LogP contribution in [-0.2, 0) is 0 Å². The lowest BCUT2D eigenvalue weighted by Crippen LogP contribution is -2.02. The van der Waals surface area contributed by atoms with Crippen molar-refractivity contribution in [2.24, 2.45) is 0 Å². The molecule has 0 radical (unpaired) electrons. The van der Waals surface area contributed by atoms with Crippen molar-refractivity contribution in [1.82, 2.24) is 0 Å². The van der Waals surface area contributed by atoms with Gasteiger partial charge >= 0.3 is 0 Å². The number of hydrogen-bond acceptors (Lipinski definition) is 5. The van der Waals surface area contributed by atoms with Crippen LogP contribution in [0.3, 0.4) is 0 Å². The summed E-state index contributed by atoms with van der Waals surface area (Å²) in [6.45, 7) is 0. The molecule has 0 bridgehead atoms. The quantitative estimate of drug-likeness (QED) is 0.465. The SMILES string of the molecule is Nc1cc(-c2oc3ccccc3c(=O)c2O)ccc1O. The minimum Gasteiger partial charge on any atom is -0.506 e. The maximum atomic E-state index is 12.1. The number of anilines is 1. The van der Waals surface area contributed by atoms with Crippen LogP contribution in [0.4, 0.5) is 5.69 Å². The van der Waals surface area contributed by atoms with Crippen molar-refractivity contribution in [3.63, 3.8) is 0 Å². The predicted octanol–water partition coefficient (Wildman–Crippen LogP) is 2.45. The van der Waals surface area contributed by atoms with Crippen LogP contribution in [0.15, 0.2) is 51.7 Å². The van der Waals surface area contributed by atoms with Gasteiger partial charge in [0.1, 0.15) is 11.3 Å². The number of phenols is 1. The summed E-state index contributed by atoms with van der Waals surface area (Å²) in [5.41, 5.74) is 6.03. The standard InChI is InChI=1S/C15H11NO4/c16-10-7-8(5-6-11(10)17)15-14(19)13(18)9-3-1-2-4-12(9)20-15/h1-7,17,19H,16H2. The van der Waals surface area contributed by atoms with Gasteiger partial charge in [0.25, 0.3) is 0 Å². The largest absolute Gasteiger partial charge is 0.506 e. The van der Waals surface area contributed by atoms with Gasteiger partial charge in [-0.1, -0.05) is 12.1 Å². The molecule has 5 heteroatoms. The molecule has 3 rings (SSSR count). The fourth-order valence-corrected chi connectivity index (χ4v) is 2.02. The van der Waals surface area contributed by atoms with Crippen molar-refractivity contribution >= 4 is 16.7 Å². The minimum atomic E-state index is -0.506. The Balaban J connectivity index is 2.33. The van der Waals surface area contributed by atoms with Gasteiger partial charge in [-0.3, -0.25) is 4.79 Å². The molecule has 100 valence electrons. The van der Waals surface area contributed by atoms with Gasteiger partial charge in [0, 0.05) is 5.56 Å². The Labute approximate surface area is 113 Å². The van der Waals surface area contributed by atoms with Crippen molar-refractivity contribution in [1.29, 1.82) is 0 Å². The van der Waals surface area contributed by atoms with E-state index < -0.39 is 11.2 Å². The van der Waals surface area contributed by atoms with E-state index in [9.17, 15) is 15.0 Å². The lowest BCUT2D eigenvalue weighted by molar-refractivity contribution is 0.449. The summed E-state index contributed by atoms with van der Waals surface area (Å²) in [7, 11) is 0. The van der Waals surface area contributed by atoms with Gasteiger partial charge in [-0.2, -0.15) is 0 Å². The molecule has 0 saturated carbocycles. The second-order valence-corrected chi connectivity index (χ2v) is 4.38.